The molecule has 4 heteroatoms. The molecule has 0 fully saturated rings. The quantitative estimate of drug-likeness (QED) is 0.419. The van der Waals surface area contributed by atoms with Crippen LogP contribution in [0.15, 0.2) is 24.4 Å². The molecular weight excluding hydrogens is 182 g/mol. The van der Waals surface area contributed by atoms with Crippen LogP contribution in [0.3, 0.4) is 0 Å². The average Bonchev–Trinajstić information content (AvgIpc) is 2.01. The summed E-state index contributed by atoms with van der Waals surface area (Å²) in [5.74, 6) is 0.393. The van der Waals surface area contributed by atoms with Gasteiger partial charge in [-0.25, -0.2) is 0 Å². The highest BCUT2D eigenvalue weighted by Crippen LogP contribution is 2.05. The van der Waals surface area contributed by atoms with E-state index in [0.717, 1.165) is 4.73 Å². The largest absolute Gasteiger partial charge is 0.616 e. The molecule has 0 aliphatic heterocycles. The van der Waals surface area contributed by atoms with Crippen molar-refractivity contribution in [2.24, 2.45) is 0 Å². The summed E-state index contributed by atoms with van der Waals surface area (Å²) in [5, 5.41) is 11.1. The highest BCUT2D eigenvalue weighted by Gasteiger charge is 2.16. The van der Waals surface area contributed by atoms with Crippen LogP contribution in [-0.2, 0) is 0 Å². The molecule has 0 unspecified atom stereocenters. The zero-order valence-corrected chi connectivity index (χ0v) is 9.28. The van der Waals surface area contributed by atoms with Gasteiger partial charge in [-0.15, -0.1) is 4.73 Å². The maximum Gasteiger partial charge on any atom is 0.379 e. The molecule has 0 saturated heterocycles. The molecule has 0 N–H and O–H groups in total. The van der Waals surface area contributed by atoms with Crippen molar-refractivity contribution in [3.8, 4) is 5.88 Å². The van der Waals surface area contributed by atoms with Gasteiger partial charge in [0.25, 0.3) is 0 Å². The fraction of sp³-hybridized carbons (Fsp3) is 0.444. The topological polar surface area (TPSA) is 36.2 Å². The first-order valence-electron chi connectivity index (χ1n) is 4.30. The highest BCUT2D eigenvalue weighted by atomic mass is 28.3. The van der Waals surface area contributed by atoms with E-state index < -0.39 is 8.07 Å². The highest BCUT2D eigenvalue weighted by molar-refractivity contribution is 6.76. The first kappa shape index (κ1) is 10.1. The number of rotatable bonds is 3. The summed E-state index contributed by atoms with van der Waals surface area (Å²) >= 11 is 0. The van der Waals surface area contributed by atoms with Gasteiger partial charge in [-0.05, 0) is 6.07 Å². The van der Waals surface area contributed by atoms with Crippen LogP contribution < -0.4 is 9.47 Å². The number of aromatic nitrogens is 1. The lowest BCUT2D eigenvalue weighted by Crippen LogP contribution is -2.35. The van der Waals surface area contributed by atoms with Crippen LogP contribution >= 0.6 is 0 Å². The molecule has 0 amide bonds. The second-order valence-corrected chi connectivity index (χ2v) is 9.62. The fourth-order valence-electron chi connectivity index (χ4n) is 0.815. The van der Waals surface area contributed by atoms with E-state index >= 15 is 0 Å². The van der Waals surface area contributed by atoms with Gasteiger partial charge in [-0.3, -0.25) is 0 Å². The molecule has 1 aromatic heterocycles. The van der Waals surface area contributed by atoms with Crippen molar-refractivity contribution < 1.29 is 9.47 Å². The van der Waals surface area contributed by atoms with E-state index in [9.17, 15) is 5.21 Å². The minimum absolute atomic E-state index is 0.393. The Hall–Kier alpha value is -1.03. The standard InChI is InChI=1S/C9H15NO2Si/c1-13(2,3)8-12-9-6-4-5-7-10(9)11/h4-7H,8H2,1-3H3. The Morgan fingerprint density at radius 3 is 2.62 bits per heavy atom. The predicted octanol–water partition coefficient (Wildman–Crippen LogP) is 1.58. The van der Waals surface area contributed by atoms with Crippen molar-refractivity contribution in [3.63, 3.8) is 0 Å². The molecule has 0 bridgehead atoms. The molecule has 0 spiro atoms. The number of pyridine rings is 1. The van der Waals surface area contributed by atoms with Crippen LogP contribution in [-0.4, -0.2) is 14.3 Å². The molecule has 72 valence electrons. The van der Waals surface area contributed by atoms with E-state index in [0.29, 0.717) is 12.1 Å². The third-order valence-corrected chi connectivity index (χ3v) is 2.45. The smallest absolute Gasteiger partial charge is 0.379 e. The Balaban J connectivity index is 2.60. The number of hydrogen-bond donors (Lipinski definition) is 0. The Bertz CT molecular complexity index is 283. The van der Waals surface area contributed by atoms with Crippen molar-refractivity contribution in [1.29, 1.82) is 0 Å². The van der Waals surface area contributed by atoms with Crippen LogP contribution in [0.2, 0.25) is 19.6 Å². The second-order valence-electron chi connectivity index (χ2n) is 4.21. The van der Waals surface area contributed by atoms with Gasteiger partial charge >= 0.3 is 5.88 Å². The van der Waals surface area contributed by atoms with Gasteiger partial charge in [0.05, 0.1) is 20.4 Å². The Morgan fingerprint density at radius 1 is 1.38 bits per heavy atom. The average molecular weight is 197 g/mol. The number of nitrogens with zero attached hydrogens (tertiary/aromatic N) is 1. The Morgan fingerprint density at radius 2 is 2.08 bits per heavy atom. The van der Waals surface area contributed by atoms with Crippen molar-refractivity contribution in [3.05, 3.63) is 29.6 Å². The van der Waals surface area contributed by atoms with Crippen molar-refractivity contribution >= 4 is 8.07 Å². The first-order valence-corrected chi connectivity index (χ1v) is 8.01. The molecule has 0 aliphatic rings. The van der Waals surface area contributed by atoms with Gasteiger partial charge in [-0.1, -0.05) is 19.6 Å². The zero-order chi connectivity index (χ0) is 9.90. The normalized spacial score (nSPS) is 11.3. The third-order valence-electron chi connectivity index (χ3n) is 1.44. The van der Waals surface area contributed by atoms with E-state index in [1.54, 1.807) is 18.2 Å². The Kier molecular flexibility index (Phi) is 2.93. The minimum Gasteiger partial charge on any atom is -0.616 e. The summed E-state index contributed by atoms with van der Waals surface area (Å²) in [6.07, 6.45) is 2.12. The van der Waals surface area contributed by atoms with E-state index in [-0.39, 0.29) is 0 Å². The molecule has 13 heavy (non-hydrogen) atoms. The first-order chi connectivity index (χ1) is 5.99. The molecule has 0 atom stereocenters. The summed E-state index contributed by atoms with van der Waals surface area (Å²) in [4.78, 5) is 0. The van der Waals surface area contributed by atoms with Crippen LogP contribution in [0.4, 0.5) is 0 Å². The maximum absolute atomic E-state index is 11.1. The summed E-state index contributed by atoms with van der Waals surface area (Å²) in [5.41, 5.74) is 0. The second kappa shape index (κ2) is 3.78. The summed E-state index contributed by atoms with van der Waals surface area (Å²) in [6.45, 7) is 6.60. The molecule has 0 radical (unpaired) electrons. The van der Waals surface area contributed by atoms with Crippen molar-refractivity contribution in [1.82, 2.24) is 0 Å². The fourth-order valence-corrected chi connectivity index (χ4v) is 1.40. The molecule has 0 aliphatic carbocycles. The third kappa shape index (κ3) is 3.46. The van der Waals surface area contributed by atoms with Gasteiger partial charge in [0.2, 0.25) is 0 Å². The summed E-state index contributed by atoms with van der Waals surface area (Å²) in [6, 6.07) is 5.18. The van der Waals surface area contributed by atoms with Gasteiger partial charge in [0, 0.05) is 6.07 Å². The van der Waals surface area contributed by atoms with Gasteiger partial charge in [0.15, 0.2) is 6.20 Å². The molecule has 0 aromatic carbocycles. The molecule has 1 aromatic rings. The molecular formula is C9H15NO2Si. The summed E-state index contributed by atoms with van der Waals surface area (Å²) in [7, 11) is -1.24. The molecule has 3 nitrogen and oxygen atoms in total. The van der Waals surface area contributed by atoms with Gasteiger partial charge in [0.1, 0.15) is 0 Å². The van der Waals surface area contributed by atoms with E-state index in [4.69, 9.17) is 4.74 Å². The van der Waals surface area contributed by atoms with Crippen LogP contribution in [0, 0.1) is 5.21 Å². The van der Waals surface area contributed by atoms with Crippen LogP contribution in [0.5, 0.6) is 5.88 Å². The molecule has 0 saturated carbocycles. The molecule has 1 heterocycles. The van der Waals surface area contributed by atoms with Gasteiger partial charge < -0.3 is 9.94 Å². The van der Waals surface area contributed by atoms with Crippen molar-refractivity contribution in [2.75, 3.05) is 6.23 Å². The Labute approximate surface area is 79.6 Å². The van der Waals surface area contributed by atoms with Gasteiger partial charge in [-0.2, -0.15) is 0 Å². The lowest BCUT2D eigenvalue weighted by Gasteiger charge is -2.15. The van der Waals surface area contributed by atoms with E-state index in [1.807, 2.05) is 0 Å². The summed E-state index contributed by atoms with van der Waals surface area (Å²) < 4.78 is 6.16. The van der Waals surface area contributed by atoms with Crippen LogP contribution in [0.1, 0.15) is 0 Å². The number of ether oxygens (including phenoxy) is 1. The monoisotopic (exact) mass is 197 g/mol. The van der Waals surface area contributed by atoms with Crippen molar-refractivity contribution in [2.45, 2.75) is 19.6 Å². The number of hydrogen-bond acceptors (Lipinski definition) is 2. The lowest BCUT2D eigenvalue weighted by atomic mass is 10.5. The van der Waals surface area contributed by atoms with E-state index in [1.165, 1.54) is 6.20 Å². The molecule has 1 rings (SSSR count). The van der Waals surface area contributed by atoms with E-state index in [2.05, 4.69) is 19.6 Å². The predicted molar refractivity (Wildman–Crippen MR) is 54.2 cm³/mol. The SMILES string of the molecule is C[Si](C)(C)COc1cccc[n+]1[O-]. The minimum atomic E-state index is -1.24. The zero-order valence-electron chi connectivity index (χ0n) is 8.28. The lowest BCUT2D eigenvalue weighted by molar-refractivity contribution is -0.612. The van der Waals surface area contributed by atoms with Crippen LogP contribution in [0.25, 0.3) is 0 Å². The maximum atomic E-state index is 11.1.